The lowest BCUT2D eigenvalue weighted by atomic mass is 10.1. The highest BCUT2D eigenvalue weighted by atomic mass is 32.2. The van der Waals surface area contributed by atoms with Crippen LogP contribution in [-0.4, -0.2) is 16.1 Å². The molecule has 2 aromatic carbocycles. The number of thioether (sulfide) groups is 1. The van der Waals surface area contributed by atoms with Crippen LogP contribution in [0, 0.1) is 0 Å². The van der Waals surface area contributed by atoms with Gasteiger partial charge in [0.2, 0.25) is 0 Å². The molecule has 0 fully saturated rings. The maximum absolute atomic E-state index is 12.6. The van der Waals surface area contributed by atoms with Gasteiger partial charge in [-0.15, -0.1) is 10.2 Å². The number of hydrogen-bond donors (Lipinski definition) is 1. The molecule has 27 heavy (non-hydrogen) atoms. The van der Waals surface area contributed by atoms with Crippen LogP contribution in [0.15, 0.2) is 71.8 Å². The zero-order valence-corrected chi connectivity index (χ0v) is 14.7. The van der Waals surface area contributed by atoms with E-state index in [4.69, 9.17) is 0 Å². The number of nitrogens with zero attached hydrogens (tertiary/aromatic N) is 2. The van der Waals surface area contributed by atoms with Crippen molar-refractivity contribution in [3.05, 3.63) is 83.4 Å². The van der Waals surface area contributed by atoms with Crippen molar-refractivity contribution >= 4 is 23.5 Å². The van der Waals surface area contributed by atoms with Crippen LogP contribution >= 0.6 is 11.8 Å². The molecule has 4 nitrogen and oxygen atoms in total. The van der Waals surface area contributed by atoms with Crippen LogP contribution in [-0.2, 0) is 11.9 Å². The Bertz CT molecular complexity index is 898. The standard InChI is InChI=1S/C19H14F3N3OS/c20-19(21,22)15-8-6-13(7-9-15)12-27-17-11-10-16(24-25-17)23-18(26)14-4-2-1-3-5-14/h1-11H,12H2,(H,23,24,26). The Morgan fingerprint density at radius 2 is 1.63 bits per heavy atom. The first-order valence-corrected chi connectivity index (χ1v) is 8.89. The Morgan fingerprint density at radius 1 is 0.926 bits per heavy atom. The molecule has 0 aliphatic heterocycles. The number of carbonyl (C=O) groups excluding carboxylic acids is 1. The Balaban J connectivity index is 1.55. The molecule has 1 N–H and O–H groups in total. The second-order valence-electron chi connectivity index (χ2n) is 5.56. The van der Waals surface area contributed by atoms with E-state index in [1.165, 1.54) is 23.9 Å². The third-order valence-electron chi connectivity index (χ3n) is 3.59. The highest BCUT2D eigenvalue weighted by Gasteiger charge is 2.29. The second kappa shape index (κ2) is 8.22. The van der Waals surface area contributed by atoms with Gasteiger partial charge >= 0.3 is 6.18 Å². The molecular formula is C19H14F3N3OS. The number of nitrogens with one attached hydrogen (secondary N) is 1. The molecule has 3 aromatic rings. The van der Waals surface area contributed by atoms with Gasteiger partial charge in [-0.25, -0.2) is 0 Å². The van der Waals surface area contributed by atoms with E-state index in [9.17, 15) is 18.0 Å². The van der Waals surface area contributed by atoms with Gasteiger partial charge < -0.3 is 5.32 Å². The average molecular weight is 389 g/mol. The number of alkyl halides is 3. The molecule has 1 heterocycles. The molecule has 0 atom stereocenters. The van der Waals surface area contributed by atoms with Crippen molar-refractivity contribution in [1.29, 1.82) is 0 Å². The number of benzene rings is 2. The van der Waals surface area contributed by atoms with E-state index < -0.39 is 11.7 Å². The van der Waals surface area contributed by atoms with Crippen LogP contribution in [0.2, 0.25) is 0 Å². The quantitative estimate of drug-likeness (QED) is 0.621. The molecule has 0 radical (unpaired) electrons. The molecule has 138 valence electrons. The maximum atomic E-state index is 12.6. The van der Waals surface area contributed by atoms with E-state index >= 15 is 0 Å². The van der Waals surface area contributed by atoms with Crippen molar-refractivity contribution in [1.82, 2.24) is 10.2 Å². The zero-order valence-electron chi connectivity index (χ0n) is 13.9. The van der Waals surface area contributed by atoms with Gasteiger partial charge in [-0.2, -0.15) is 13.2 Å². The van der Waals surface area contributed by atoms with E-state index in [1.807, 2.05) is 6.07 Å². The third-order valence-corrected chi connectivity index (χ3v) is 4.58. The highest BCUT2D eigenvalue weighted by molar-refractivity contribution is 7.98. The molecule has 1 aromatic heterocycles. The third kappa shape index (κ3) is 5.30. The number of anilines is 1. The van der Waals surface area contributed by atoms with E-state index in [0.717, 1.165) is 17.7 Å². The number of carbonyl (C=O) groups is 1. The topological polar surface area (TPSA) is 54.9 Å². The summed E-state index contributed by atoms with van der Waals surface area (Å²) in [5, 5.41) is 11.2. The fourth-order valence-corrected chi connectivity index (χ4v) is 2.96. The summed E-state index contributed by atoms with van der Waals surface area (Å²) in [5.41, 5.74) is 0.589. The molecule has 0 unspecified atom stereocenters. The minimum absolute atomic E-state index is 0.282. The smallest absolute Gasteiger partial charge is 0.305 e. The number of halogens is 3. The summed E-state index contributed by atoms with van der Waals surface area (Å²) in [7, 11) is 0. The Kier molecular flexibility index (Phi) is 5.75. The van der Waals surface area contributed by atoms with Crippen molar-refractivity contribution < 1.29 is 18.0 Å². The van der Waals surface area contributed by atoms with E-state index in [2.05, 4.69) is 15.5 Å². The number of hydrogen-bond acceptors (Lipinski definition) is 4. The zero-order chi connectivity index (χ0) is 19.3. The van der Waals surface area contributed by atoms with Gasteiger partial charge in [0, 0.05) is 11.3 Å². The lowest BCUT2D eigenvalue weighted by Gasteiger charge is -2.07. The summed E-state index contributed by atoms with van der Waals surface area (Å²) < 4.78 is 37.7. The first-order chi connectivity index (χ1) is 12.9. The van der Waals surface area contributed by atoms with E-state index in [0.29, 0.717) is 22.2 Å². The van der Waals surface area contributed by atoms with Crippen molar-refractivity contribution in [3.8, 4) is 0 Å². The molecule has 8 heteroatoms. The van der Waals surface area contributed by atoms with Crippen molar-refractivity contribution in [2.24, 2.45) is 0 Å². The minimum Gasteiger partial charge on any atom is -0.305 e. The lowest BCUT2D eigenvalue weighted by molar-refractivity contribution is -0.137. The van der Waals surface area contributed by atoms with Gasteiger partial charge in [0.05, 0.1) is 5.56 Å². The Morgan fingerprint density at radius 3 is 2.22 bits per heavy atom. The summed E-state index contributed by atoms with van der Waals surface area (Å²) in [5.74, 6) is 0.500. The highest BCUT2D eigenvalue weighted by Crippen LogP contribution is 2.30. The van der Waals surface area contributed by atoms with Gasteiger partial charge in [0.25, 0.3) is 5.91 Å². The summed E-state index contributed by atoms with van der Waals surface area (Å²) in [6.07, 6.45) is -4.34. The SMILES string of the molecule is O=C(Nc1ccc(SCc2ccc(C(F)(F)F)cc2)nn1)c1ccccc1. The van der Waals surface area contributed by atoms with E-state index in [-0.39, 0.29) is 5.91 Å². The van der Waals surface area contributed by atoms with Crippen LogP contribution in [0.5, 0.6) is 0 Å². The average Bonchev–Trinajstić information content (AvgIpc) is 2.68. The molecule has 0 spiro atoms. The molecule has 1 amide bonds. The predicted octanol–water partition coefficient (Wildman–Crippen LogP) is 5.04. The van der Waals surface area contributed by atoms with Gasteiger partial charge in [-0.1, -0.05) is 42.1 Å². The first kappa shape index (κ1) is 18.9. The number of rotatable bonds is 5. The second-order valence-corrected chi connectivity index (χ2v) is 6.56. The van der Waals surface area contributed by atoms with Gasteiger partial charge in [-0.3, -0.25) is 4.79 Å². The van der Waals surface area contributed by atoms with Crippen LogP contribution in [0.25, 0.3) is 0 Å². The van der Waals surface area contributed by atoms with Gasteiger partial charge in [0.15, 0.2) is 5.82 Å². The largest absolute Gasteiger partial charge is 0.416 e. The van der Waals surface area contributed by atoms with Crippen molar-refractivity contribution in [3.63, 3.8) is 0 Å². The van der Waals surface area contributed by atoms with Crippen LogP contribution < -0.4 is 5.32 Å². The predicted molar refractivity (Wildman–Crippen MR) is 97.4 cm³/mol. The molecule has 0 aliphatic carbocycles. The molecular weight excluding hydrogens is 375 g/mol. The molecule has 3 rings (SSSR count). The number of amides is 1. The first-order valence-electron chi connectivity index (χ1n) is 7.91. The molecule has 0 bridgehead atoms. The summed E-state index contributed by atoms with van der Waals surface area (Å²) in [4.78, 5) is 12.0. The monoisotopic (exact) mass is 389 g/mol. The molecule has 0 aliphatic rings. The van der Waals surface area contributed by atoms with Crippen molar-refractivity contribution in [2.45, 2.75) is 17.0 Å². The van der Waals surface area contributed by atoms with E-state index in [1.54, 1.807) is 36.4 Å². The number of aromatic nitrogens is 2. The van der Waals surface area contributed by atoms with Crippen LogP contribution in [0.4, 0.5) is 19.0 Å². The summed E-state index contributed by atoms with van der Waals surface area (Å²) in [6, 6.07) is 17.1. The Labute approximate surface area is 157 Å². The van der Waals surface area contributed by atoms with Crippen LogP contribution in [0.3, 0.4) is 0 Å². The summed E-state index contributed by atoms with van der Waals surface area (Å²) >= 11 is 1.34. The maximum Gasteiger partial charge on any atom is 0.416 e. The molecule has 0 saturated heterocycles. The molecule has 0 saturated carbocycles. The lowest BCUT2D eigenvalue weighted by Crippen LogP contribution is -2.13. The Hall–Kier alpha value is -2.87. The van der Waals surface area contributed by atoms with Gasteiger partial charge in [-0.05, 0) is 42.0 Å². The summed E-state index contributed by atoms with van der Waals surface area (Å²) in [6.45, 7) is 0. The van der Waals surface area contributed by atoms with Gasteiger partial charge in [0.1, 0.15) is 5.03 Å². The van der Waals surface area contributed by atoms with Crippen molar-refractivity contribution in [2.75, 3.05) is 5.32 Å². The minimum atomic E-state index is -4.34. The fourth-order valence-electron chi connectivity index (χ4n) is 2.19. The van der Waals surface area contributed by atoms with Crippen LogP contribution in [0.1, 0.15) is 21.5 Å². The normalized spacial score (nSPS) is 11.2. The fraction of sp³-hybridized carbons (Fsp3) is 0.105.